The summed E-state index contributed by atoms with van der Waals surface area (Å²) in [6.45, 7) is 10.8. The summed E-state index contributed by atoms with van der Waals surface area (Å²) < 4.78 is 0. The van der Waals surface area contributed by atoms with Crippen molar-refractivity contribution < 1.29 is 0 Å². The van der Waals surface area contributed by atoms with E-state index in [-0.39, 0.29) is 0 Å². The van der Waals surface area contributed by atoms with Crippen molar-refractivity contribution in [2.75, 3.05) is 12.4 Å². The van der Waals surface area contributed by atoms with Crippen molar-refractivity contribution in [2.45, 2.75) is 47.1 Å². The maximum Gasteiger partial charge on any atom is 0.0226 e. The molecule has 1 aromatic carbocycles. The van der Waals surface area contributed by atoms with E-state index < -0.39 is 0 Å². The molecule has 0 aliphatic heterocycles. The minimum atomic E-state index is 0.702. The lowest BCUT2D eigenvalue weighted by Gasteiger charge is -2.16. The molecule has 1 unspecified atom stereocenters. The first-order valence-corrected chi connectivity index (χ1v) is 7.45. The van der Waals surface area contributed by atoms with Crippen molar-refractivity contribution in [3.05, 3.63) is 34.4 Å². The lowest BCUT2D eigenvalue weighted by Crippen LogP contribution is -2.23. The first kappa shape index (κ1) is 15.5. The van der Waals surface area contributed by atoms with E-state index in [9.17, 15) is 0 Å². The van der Waals surface area contributed by atoms with Gasteiger partial charge in [-0.25, -0.2) is 0 Å². The third kappa shape index (κ3) is 4.62. The lowest BCUT2D eigenvalue weighted by molar-refractivity contribution is 0.451. The summed E-state index contributed by atoms with van der Waals surface area (Å²) in [5.41, 5.74) is 5.58. The molecule has 1 N–H and O–H groups in total. The van der Waals surface area contributed by atoms with Crippen LogP contribution in [0.2, 0.25) is 0 Å². The number of hydrogen-bond acceptors (Lipinski definition) is 1. The van der Waals surface area contributed by atoms with Crippen LogP contribution in [-0.2, 0) is 6.54 Å². The van der Waals surface area contributed by atoms with Crippen molar-refractivity contribution in [3.63, 3.8) is 0 Å². The normalized spacial score (nSPS) is 12.7. The molecule has 2 heteroatoms. The average molecular weight is 268 g/mol. The molecule has 1 atom stereocenters. The number of alkyl halides is 1. The molecule has 0 saturated carbocycles. The van der Waals surface area contributed by atoms with E-state index in [1.54, 1.807) is 0 Å². The summed E-state index contributed by atoms with van der Waals surface area (Å²) in [7, 11) is 0. The van der Waals surface area contributed by atoms with E-state index in [4.69, 9.17) is 11.6 Å². The van der Waals surface area contributed by atoms with E-state index in [0.29, 0.717) is 5.92 Å². The van der Waals surface area contributed by atoms with Crippen LogP contribution >= 0.6 is 11.6 Å². The van der Waals surface area contributed by atoms with E-state index in [1.165, 1.54) is 28.7 Å². The predicted molar refractivity (Wildman–Crippen MR) is 81.5 cm³/mol. The first-order valence-electron chi connectivity index (χ1n) is 6.91. The van der Waals surface area contributed by atoms with Crippen LogP contribution in [0.3, 0.4) is 0 Å². The van der Waals surface area contributed by atoms with Crippen LogP contribution in [0, 0.1) is 26.7 Å². The molecule has 0 aliphatic carbocycles. The van der Waals surface area contributed by atoms with Crippen LogP contribution in [0.25, 0.3) is 0 Å². The Hall–Kier alpha value is -0.530. The zero-order valence-corrected chi connectivity index (χ0v) is 12.9. The van der Waals surface area contributed by atoms with E-state index in [2.05, 4.69) is 45.1 Å². The molecule has 0 spiro atoms. The fraction of sp³-hybridized carbons (Fsp3) is 0.625. The van der Waals surface area contributed by atoms with Gasteiger partial charge in [0.15, 0.2) is 0 Å². The van der Waals surface area contributed by atoms with E-state index >= 15 is 0 Å². The summed E-state index contributed by atoms with van der Waals surface area (Å²) in [5, 5.41) is 3.58. The Balaban J connectivity index is 2.53. The van der Waals surface area contributed by atoms with Gasteiger partial charge < -0.3 is 5.32 Å². The molecule has 102 valence electrons. The molecule has 0 fully saturated rings. The van der Waals surface area contributed by atoms with Gasteiger partial charge in [0.2, 0.25) is 0 Å². The minimum Gasteiger partial charge on any atom is -0.312 e. The summed E-state index contributed by atoms with van der Waals surface area (Å²) in [5.74, 6) is 1.47. The molecule has 0 radical (unpaired) electrons. The predicted octanol–water partition coefficient (Wildman–Crippen LogP) is 4.36. The van der Waals surface area contributed by atoms with E-state index in [0.717, 1.165) is 25.4 Å². The zero-order valence-electron chi connectivity index (χ0n) is 12.1. The van der Waals surface area contributed by atoms with Gasteiger partial charge in [-0.2, -0.15) is 0 Å². The number of halogens is 1. The Morgan fingerprint density at radius 2 is 1.78 bits per heavy atom. The average Bonchev–Trinajstić information content (AvgIpc) is 2.31. The maximum absolute atomic E-state index is 5.81. The number of nitrogens with one attached hydrogen (secondary N) is 1. The largest absolute Gasteiger partial charge is 0.312 e. The van der Waals surface area contributed by atoms with Crippen LogP contribution in [0.15, 0.2) is 12.1 Å². The van der Waals surface area contributed by atoms with Gasteiger partial charge >= 0.3 is 0 Å². The number of aryl methyl sites for hydroxylation is 3. The van der Waals surface area contributed by atoms with Crippen LogP contribution in [0.5, 0.6) is 0 Å². The van der Waals surface area contributed by atoms with Crippen molar-refractivity contribution in [1.82, 2.24) is 5.32 Å². The van der Waals surface area contributed by atoms with Crippen LogP contribution in [0.1, 0.15) is 42.0 Å². The summed E-state index contributed by atoms with van der Waals surface area (Å²) in [6.07, 6.45) is 2.31. The Morgan fingerprint density at radius 1 is 1.17 bits per heavy atom. The van der Waals surface area contributed by atoms with Gasteiger partial charge in [0.05, 0.1) is 0 Å². The highest BCUT2D eigenvalue weighted by atomic mass is 35.5. The molecule has 0 heterocycles. The molecule has 0 aromatic heterocycles. The first-order chi connectivity index (χ1) is 8.58. The molecule has 0 amide bonds. The SMILES string of the molecule is CCC(CCCl)CNCc1c(C)cc(C)cc1C. The summed E-state index contributed by atoms with van der Waals surface area (Å²) >= 11 is 5.81. The van der Waals surface area contributed by atoms with Crippen molar-refractivity contribution in [3.8, 4) is 0 Å². The van der Waals surface area contributed by atoms with Gasteiger partial charge in [0.1, 0.15) is 0 Å². The molecule has 1 aromatic rings. The number of hydrogen-bond donors (Lipinski definition) is 1. The second-order valence-electron chi connectivity index (χ2n) is 5.26. The fourth-order valence-electron chi connectivity index (χ4n) is 2.49. The quantitative estimate of drug-likeness (QED) is 0.724. The second kappa shape index (κ2) is 7.81. The van der Waals surface area contributed by atoms with Crippen molar-refractivity contribution in [2.24, 2.45) is 5.92 Å². The highest BCUT2D eigenvalue weighted by molar-refractivity contribution is 6.17. The van der Waals surface area contributed by atoms with Crippen LogP contribution < -0.4 is 5.32 Å². The van der Waals surface area contributed by atoms with Crippen LogP contribution in [-0.4, -0.2) is 12.4 Å². The fourth-order valence-corrected chi connectivity index (χ4v) is 2.80. The molecule has 1 rings (SSSR count). The molecule has 0 saturated heterocycles. The Kier molecular flexibility index (Phi) is 6.73. The van der Waals surface area contributed by atoms with Gasteiger partial charge in [-0.05, 0) is 56.3 Å². The number of benzene rings is 1. The molecular weight excluding hydrogens is 242 g/mol. The highest BCUT2D eigenvalue weighted by Gasteiger charge is 2.07. The third-order valence-corrected chi connectivity index (χ3v) is 3.89. The van der Waals surface area contributed by atoms with E-state index in [1.807, 2.05) is 0 Å². The monoisotopic (exact) mass is 267 g/mol. The zero-order chi connectivity index (χ0) is 13.5. The van der Waals surface area contributed by atoms with Gasteiger partial charge in [0.25, 0.3) is 0 Å². The third-order valence-electron chi connectivity index (χ3n) is 3.67. The standard InChI is InChI=1S/C16H26ClN/c1-5-15(6-7-17)10-18-11-16-13(3)8-12(2)9-14(16)4/h8-9,15,18H,5-7,10-11H2,1-4H3. The molecule has 1 nitrogen and oxygen atoms in total. The van der Waals surface area contributed by atoms with Gasteiger partial charge in [-0.15, -0.1) is 11.6 Å². The minimum absolute atomic E-state index is 0.702. The summed E-state index contributed by atoms with van der Waals surface area (Å²) in [6, 6.07) is 4.53. The van der Waals surface area contributed by atoms with Crippen molar-refractivity contribution in [1.29, 1.82) is 0 Å². The number of rotatable bonds is 7. The van der Waals surface area contributed by atoms with Gasteiger partial charge in [0, 0.05) is 12.4 Å². The highest BCUT2D eigenvalue weighted by Crippen LogP contribution is 2.16. The molecule has 0 aliphatic rings. The molecule has 18 heavy (non-hydrogen) atoms. The van der Waals surface area contributed by atoms with Gasteiger partial charge in [-0.1, -0.05) is 31.0 Å². The topological polar surface area (TPSA) is 12.0 Å². The molecular formula is C16H26ClN. The Morgan fingerprint density at radius 3 is 2.28 bits per heavy atom. The Labute approximate surface area is 117 Å². The van der Waals surface area contributed by atoms with Crippen LogP contribution in [0.4, 0.5) is 0 Å². The van der Waals surface area contributed by atoms with Gasteiger partial charge in [-0.3, -0.25) is 0 Å². The second-order valence-corrected chi connectivity index (χ2v) is 5.64. The smallest absolute Gasteiger partial charge is 0.0226 e. The van der Waals surface area contributed by atoms with Crippen molar-refractivity contribution >= 4 is 11.6 Å². The lowest BCUT2D eigenvalue weighted by atomic mass is 9.99. The summed E-state index contributed by atoms with van der Waals surface area (Å²) in [4.78, 5) is 0. The Bertz CT molecular complexity index is 350. The molecule has 0 bridgehead atoms. The maximum atomic E-state index is 5.81.